The summed E-state index contributed by atoms with van der Waals surface area (Å²) in [7, 11) is 0. The standard InChI is InChI=1S/C18H21N3O5.C12H13N3O5/c1-12(13(2)26-11-14-6-4-3-5-7-14)19-18(23)20-16-9-8-15(21(24)25)10-17(16)22;1-7(2)10(6-16)14-12(18)13-9-4-3-8(15(19)20)5-11(9)17/h3-10,12-13,22H,11H2,1-2H3,(H2,19,20,23);3-5,7,17H,1-2H3,(H2,13,14,18). The summed E-state index contributed by atoms with van der Waals surface area (Å²) in [6, 6.07) is 14.8. The number of urea groups is 2. The molecule has 2 unspecified atom stereocenters. The third-order valence-electron chi connectivity index (χ3n) is 6.23. The number of nitrogens with one attached hydrogen (secondary N) is 4. The summed E-state index contributed by atoms with van der Waals surface area (Å²) >= 11 is 0. The molecule has 0 heterocycles. The third-order valence-corrected chi connectivity index (χ3v) is 6.23. The van der Waals surface area contributed by atoms with Crippen LogP contribution in [0.5, 0.6) is 11.5 Å². The van der Waals surface area contributed by atoms with Crippen molar-refractivity contribution in [3.63, 3.8) is 0 Å². The largest absolute Gasteiger partial charge is 0.506 e. The lowest BCUT2D eigenvalue weighted by molar-refractivity contribution is -0.385. The van der Waals surface area contributed by atoms with E-state index >= 15 is 0 Å². The van der Waals surface area contributed by atoms with Crippen LogP contribution in [0, 0.1) is 26.1 Å². The van der Waals surface area contributed by atoms with Gasteiger partial charge in [0.1, 0.15) is 23.1 Å². The molecule has 0 aliphatic rings. The molecule has 0 radical (unpaired) electrons. The van der Waals surface area contributed by atoms with Crippen LogP contribution in [-0.2, 0) is 16.1 Å². The van der Waals surface area contributed by atoms with Gasteiger partial charge in [-0.1, -0.05) is 44.2 Å². The fourth-order valence-electron chi connectivity index (χ4n) is 3.47. The van der Waals surface area contributed by atoms with E-state index in [-0.39, 0.29) is 52.3 Å². The topological polar surface area (TPSA) is 235 Å². The van der Waals surface area contributed by atoms with E-state index in [9.17, 15) is 44.8 Å². The van der Waals surface area contributed by atoms with E-state index in [0.717, 1.165) is 23.8 Å². The first-order valence-corrected chi connectivity index (χ1v) is 13.7. The molecule has 0 bridgehead atoms. The number of ether oxygens (including phenoxy) is 1. The SMILES string of the molecule is CC(C)C(=C=O)NC(=O)Nc1ccc([N+](=O)[O-])cc1O.CC(NC(=O)Nc1ccc([N+](=O)[O-])cc1O)C(C)OCc1ccccc1. The molecule has 46 heavy (non-hydrogen) atoms. The van der Waals surface area contributed by atoms with Crippen LogP contribution in [0.15, 0.2) is 72.4 Å². The number of hydrogen-bond donors (Lipinski definition) is 6. The van der Waals surface area contributed by atoms with Gasteiger partial charge in [-0.05, 0) is 31.5 Å². The van der Waals surface area contributed by atoms with Crippen LogP contribution in [0.4, 0.5) is 32.3 Å². The van der Waals surface area contributed by atoms with Gasteiger partial charge in [0, 0.05) is 18.1 Å². The lowest BCUT2D eigenvalue weighted by Gasteiger charge is -2.22. The molecule has 6 N–H and O–H groups in total. The summed E-state index contributed by atoms with van der Waals surface area (Å²) in [4.78, 5) is 54.1. The lowest BCUT2D eigenvalue weighted by atomic mass is 10.1. The molecule has 16 nitrogen and oxygen atoms in total. The minimum absolute atomic E-state index is 0.0119. The molecule has 4 amide bonds. The van der Waals surface area contributed by atoms with Crippen LogP contribution in [0.2, 0.25) is 0 Å². The number of allylic oxidation sites excluding steroid dienone is 1. The fraction of sp³-hybridized carbons (Fsp3) is 0.267. The average molecular weight is 639 g/mol. The molecule has 16 heteroatoms. The van der Waals surface area contributed by atoms with E-state index < -0.39 is 27.7 Å². The number of nitrogens with zero attached hydrogens (tertiary/aromatic N) is 2. The zero-order valence-corrected chi connectivity index (χ0v) is 25.3. The number of aromatic hydroxyl groups is 2. The van der Waals surface area contributed by atoms with Crippen LogP contribution in [0.1, 0.15) is 33.3 Å². The molecule has 3 rings (SSSR count). The highest BCUT2D eigenvalue weighted by Gasteiger charge is 2.18. The van der Waals surface area contributed by atoms with Crippen molar-refractivity contribution in [1.82, 2.24) is 10.6 Å². The normalized spacial score (nSPS) is 11.5. The highest BCUT2D eigenvalue weighted by Crippen LogP contribution is 2.28. The molecule has 0 aromatic heterocycles. The molecular weight excluding hydrogens is 604 g/mol. The fourth-order valence-corrected chi connectivity index (χ4v) is 3.47. The number of amides is 4. The van der Waals surface area contributed by atoms with Gasteiger partial charge in [-0.2, -0.15) is 0 Å². The molecule has 0 aliphatic carbocycles. The second-order valence-corrected chi connectivity index (χ2v) is 10.1. The first kappa shape index (κ1) is 36.2. The number of carbonyl (C=O) groups is 2. The van der Waals surface area contributed by atoms with Crippen molar-refractivity contribution in [1.29, 1.82) is 0 Å². The Labute approximate surface area is 263 Å². The molecule has 0 saturated heterocycles. The lowest BCUT2D eigenvalue weighted by Crippen LogP contribution is -2.43. The maximum absolute atomic E-state index is 12.0. The Bertz CT molecular complexity index is 1590. The number of hydrogen-bond acceptors (Lipinski definition) is 10. The summed E-state index contributed by atoms with van der Waals surface area (Å²) in [6.45, 7) is 7.47. The summed E-state index contributed by atoms with van der Waals surface area (Å²) in [5.74, 6) is 0.553. The minimum atomic E-state index is -0.749. The van der Waals surface area contributed by atoms with Gasteiger partial charge in [-0.3, -0.25) is 20.2 Å². The number of nitro benzene ring substituents is 2. The van der Waals surface area contributed by atoms with E-state index in [1.54, 1.807) is 26.7 Å². The molecule has 2 atom stereocenters. The highest BCUT2D eigenvalue weighted by molar-refractivity contribution is 5.93. The van der Waals surface area contributed by atoms with Crippen LogP contribution < -0.4 is 21.3 Å². The van der Waals surface area contributed by atoms with Gasteiger partial charge in [-0.25, -0.2) is 14.4 Å². The number of non-ortho nitro benzene ring substituents is 2. The summed E-state index contributed by atoms with van der Waals surface area (Å²) < 4.78 is 5.74. The first-order valence-electron chi connectivity index (χ1n) is 13.7. The second-order valence-electron chi connectivity index (χ2n) is 10.1. The van der Waals surface area contributed by atoms with E-state index in [1.165, 1.54) is 18.2 Å². The van der Waals surface area contributed by atoms with E-state index in [4.69, 9.17) is 4.74 Å². The summed E-state index contributed by atoms with van der Waals surface area (Å²) in [6.07, 6.45) is -0.244. The van der Waals surface area contributed by atoms with Gasteiger partial charge < -0.3 is 36.2 Å². The van der Waals surface area contributed by atoms with Crippen molar-refractivity contribution in [3.8, 4) is 11.5 Å². The molecule has 3 aromatic carbocycles. The second kappa shape index (κ2) is 17.3. The molecule has 0 saturated carbocycles. The van der Waals surface area contributed by atoms with Crippen molar-refractivity contribution >= 4 is 40.8 Å². The molecule has 0 fully saturated rings. The Hall–Kier alpha value is -5.99. The van der Waals surface area contributed by atoms with Gasteiger partial charge in [0.15, 0.2) is 0 Å². The van der Waals surface area contributed by atoms with E-state index in [1.807, 2.05) is 37.3 Å². The van der Waals surface area contributed by atoms with Crippen LogP contribution in [0.3, 0.4) is 0 Å². The smallest absolute Gasteiger partial charge is 0.324 e. The Morgan fingerprint density at radius 3 is 1.76 bits per heavy atom. The van der Waals surface area contributed by atoms with Gasteiger partial charge >= 0.3 is 12.1 Å². The Morgan fingerprint density at radius 2 is 1.33 bits per heavy atom. The maximum atomic E-state index is 12.0. The number of carbonyl (C=O) groups excluding carboxylic acids is 3. The van der Waals surface area contributed by atoms with E-state index in [0.29, 0.717) is 6.61 Å². The molecular formula is C30H34N6O10. The monoisotopic (exact) mass is 638 g/mol. The number of nitro groups is 2. The van der Waals surface area contributed by atoms with Crippen molar-refractivity contribution in [2.45, 2.75) is 46.4 Å². The van der Waals surface area contributed by atoms with Gasteiger partial charge in [0.25, 0.3) is 11.4 Å². The number of anilines is 2. The van der Waals surface area contributed by atoms with Crippen molar-refractivity contribution in [3.05, 3.63) is 98.2 Å². The zero-order chi connectivity index (χ0) is 34.4. The molecule has 0 aliphatic heterocycles. The zero-order valence-electron chi connectivity index (χ0n) is 25.3. The number of rotatable bonds is 11. The Morgan fingerprint density at radius 1 is 0.826 bits per heavy atom. The third kappa shape index (κ3) is 11.6. The highest BCUT2D eigenvalue weighted by atomic mass is 16.6. The quantitative estimate of drug-likeness (QED) is 0.0694. The van der Waals surface area contributed by atoms with Crippen molar-refractivity contribution < 1.29 is 39.2 Å². The van der Waals surface area contributed by atoms with Crippen LogP contribution in [0.25, 0.3) is 0 Å². The first-order chi connectivity index (χ1) is 21.7. The molecule has 3 aromatic rings. The average Bonchev–Trinajstić information content (AvgIpc) is 3.01. The van der Waals surface area contributed by atoms with Crippen LogP contribution in [-0.4, -0.2) is 50.2 Å². The minimum Gasteiger partial charge on any atom is -0.506 e. The van der Waals surface area contributed by atoms with Crippen LogP contribution >= 0.6 is 0 Å². The summed E-state index contributed by atoms with van der Waals surface area (Å²) in [5.41, 5.74) is 0.602. The van der Waals surface area contributed by atoms with Gasteiger partial charge in [-0.15, -0.1) is 0 Å². The molecule has 0 spiro atoms. The number of benzene rings is 3. The predicted octanol–water partition coefficient (Wildman–Crippen LogP) is 5.21. The Kier molecular flexibility index (Phi) is 13.6. The predicted molar refractivity (Wildman–Crippen MR) is 168 cm³/mol. The maximum Gasteiger partial charge on any atom is 0.324 e. The van der Waals surface area contributed by atoms with Gasteiger partial charge in [0.05, 0.1) is 52.1 Å². The molecule has 244 valence electrons. The summed E-state index contributed by atoms with van der Waals surface area (Å²) in [5, 5.41) is 50.2. The van der Waals surface area contributed by atoms with E-state index in [2.05, 4.69) is 21.3 Å². The van der Waals surface area contributed by atoms with Gasteiger partial charge in [0.2, 0.25) is 0 Å². The number of phenolic OH excluding ortho intramolecular Hbond substituents is 2. The van der Waals surface area contributed by atoms with Crippen molar-refractivity contribution in [2.24, 2.45) is 5.92 Å². The van der Waals surface area contributed by atoms with Crippen molar-refractivity contribution in [2.75, 3.05) is 10.6 Å². The Balaban J connectivity index is 0.000000332. The number of phenols is 2.